The Bertz CT molecular complexity index is 1390. The Morgan fingerprint density at radius 3 is 2.48 bits per heavy atom. The average Bonchev–Trinajstić information content (AvgIpc) is 3.38. The van der Waals surface area contributed by atoms with E-state index in [1.807, 2.05) is 0 Å². The number of benzene rings is 2. The summed E-state index contributed by atoms with van der Waals surface area (Å²) >= 11 is 0. The predicted molar refractivity (Wildman–Crippen MR) is 112 cm³/mol. The molecule has 33 heavy (non-hydrogen) atoms. The number of sulfonamides is 1. The molecule has 0 atom stereocenters. The lowest BCUT2D eigenvalue weighted by atomic mass is 10.0. The second-order valence-electron chi connectivity index (χ2n) is 7.32. The minimum atomic E-state index is -4.38. The van der Waals surface area contributed by atoms with Crippen LogP contribution in [-0.4, -0.2) is 28.3 Å². The number of hydrogen-bond acceptors (Lipinski definition) is 6. The molecule has 0 saturated heterocycles. The van der Waals surface area contributed by atoms with Gasteiger partial charge in [0.15, 0.2) is 0 Å². The van der Waals surface area contributed by atoms with Crippen molar-refractivity contribution < 1.29 is 26.1 Å². The average molecular weight is 477 g/mol. The fourth-order valence-corrected chi connectivity index (χ4v) is 3.88. The van der Waals surface area contributed by atoms with E-state index in [9.17, 15) is 21.6 Å². The standard InChI is InChI=1S/C21H18F3N5O3S/c1-29-18(10-7-13-5-8-15(9-6-13)21(22,23)24)17(12-26-29)19-27-20(32-28-19)14-3-2-4-16(11-14)33(25,30)31/h2-6,8-9,11-12H,7,10H2,1H3,(H2,25,30,31). The van der Waals surface area contributed by atoms with Gasteiger partial charge in [0.05, 0.1) is 22.2 Å². The number of nitrogens with zero attached hydrogens (tertiary/aromatic N) is 4. The molecule has 0 aliphatic carbocycles. The van der Waals surface area contributed by atoms with Crippen molar-refractivity contribution in [3.8, 4) is 22.8 Å². The number of rotatable bonds is 6. The van der Waals surface area contributed by atoms with Gasteiger partial charge in [-0.05, 0) is 48.7 Å². The fourth-order valence-electron chi connectivity index (χ4n) is 3.33. The van der Waals surface area contributed by atoms with E-state index in [0.717, 1.165) is 23.4 Å². The minimum Gasteiger partial charge on any atom is -0.334 e. The van der Waals surface area contributed by atoms with Crippen molar-refractivity contribution in [3.63, 3.8) is 0 Å². The molecule has 0 radical (unpaired) electrons. The van der Waals surface area contributed by atoms with Gasteiger partial charge in [-0.1, -0.05) is 23.4 Å². The zero-order valence-corrected chi connectivity index (χ0v) is 18.1. The van der Waals surface area contributed by atoms with Crippen molar-refractivity contribution in [2.75, 3.05) is 0 Å². The number of aryl methyl sites for hydroxylation is 2. The Kier molecular flexibility index (Phi) is 5.80. The monoisotopic (exact) mass is 477 g/mol. The third kappa shape index (κ3) is 4.96. The number of primary sulfonamides is 1. The van der Waals surface area contributed by atoms with Crippen LogP contribution in [0, 0.1) is 0 Å². The third-order valence-corrected chi connectivity index (χ3v) is 5.98. The van der Waals surface area contributed by atoms with Crippen molar-refractivity contribution in [2.24, 2.45) is 12.2 Å². The van der Waals surface area contributed by atoms with Gasteiger partial charge >= 0.3 is 6.18 Å². The van der Waals surface area contributed by atoms with E-state index in [-0.39, 0.29) is 16.6 Å². The molecule has 2 N–H and O–H groups in total. The lowest BCUT2D eigenvalue weighted by Gasteiger charge is -2.08. The highest BCUT2D eigenvalue weighted by Crippen LogP contribution is 2.30. The molecule has 4 rings (SSSR count). The summed E-state index contributed by atoms with van der Waals surface area (Å²) in [5.41, 5.74) is 1.79. The first-order valence-corrected chi connectivity index (χ1v) is 11.2. The Labute approximate surface area is 186 Å². The van der Waals surface area contributed by atoms with Crippen molar-refractivity contribution in [1.29, 1.82) is 0 Å². The summed E-state index contributed by atoms with van der Waals surface area (Å²) in [4.78, 5) is 4.26. The molecule has 0 fully saturated rings. The van der Waals surface area contributed by atoms with E-state index in [1.165, 1.54) is 30.3 Å². The molecular weight excluding hydrogens is 459 g/mol. The topological polar surface area (TPSA) is 117 Å². The van der Waals surface area contributed by atoms with Crippen molar-refractivity contribution in [3.05, 3.63) is 71.5 Å². The molecule has 2 heterocycles. The molecular formula is C21H18F3N5O3S. The van der Waals surface area contributed by atoms with Gasteiger partial charge < -0.3 is 4.52 Å². The number of halogens is 3. The fraction of sp³-hybridized carbons (Fsp3) is 0.190. The second kappa shape index (κ2) is 8.45. The molecule has 0 aliphatic rings. The van der Waals surface area contributed by atoms with Gasteiger partial charge in [0, 0.05) is 18.3 Å². The maximum atomic E-state index is 12.8. The summed E-state index contributed by atoms with van der Waals surface area (Å²) in [6.07, 6.45) is -1.86. The first-order valence-electron chi connectivity index (χ1n) is 9.67. The van der Waals surface area contributed by atoms with Crippen molar-refractivity contribution >= 4 is 10.0 Å². The molecule has 0 spiro atoms. The van der Waals surface area contributed by atoms with E-state index in [2.05, 4.69) is 15.2 Å². The van der Waals surface area contributed by atoms with Crippen LogP contribution in [-0.2, 0) is 36.1 Å². The van der Waals surface area contributed by atoms with Crippen LogP contribution in [0.15, 0.2) is 64.1 Å². The van der Waals surface area contributed by atoms with Gasteiger partial charge in [0.2, 0.25) is 15.8 Å². The molecule has 0 amide bonds. The molecule has 2 aromatic carbocycles. The van der Waals surface area contributed by atoms with Crippen LogP contribution < -0.4 is 5.14 Å². The maximum Gasteiger partial charge on any atom is 0.416 e. The minimum absolute atomic E-state index is 0.0849. The van der Waals surface area contributed by atoms with Crippen LogP contribution in [0.2, 0.25) is 0 Å². The van der Waals surface area contributed by atoms with Gasteiger partial charge in [0.1, 0.15) is 0 Å². The largest absolute Gasteiger partial charge is 0.416 e. The van der Waals surface area contributed by atoms with E-state index in [4.69, 9.17) is 9.66 Å². The SMILES string of the molecule is Cn1ncc(-c2noc(-c3cccc(S(N)(=O)=O)c3)n2)c1CCc1ccc(C(F)(F)F)cc1. The smallest absolute Gasteiger partial charge is 0.334 e. The summed E-state index contributed by atoms with van der Waals surface area (Å²) in [7, 11) is -2.15. The van der Waals surface area contributed by atoms with E-state index in [0.29, 0.717) is 24.0 Å². The van der Waals surface area contributed by atoms with Crippen LogP contribution in [0.1, 0.15) is 16.8 Å². The van der Waals surface area contributed by atoms with Crippen LogP contribution >= 0.6 is 0 Å². The third-order valence-electron chi connectivity index (χ3n) is 5.07. The highest BCUT2D eigenvalue weighted by Gasteiger charge is 2.30. The molecule has 172 valence electrons. The molecule has 0 bridgehead atoms. The van der Waals surface area contributed by atoms with E-state index < -0.39 is 21.8 Å². The quantitative estimate of drug-likeness (QED) is 0.454. The Morgan fingerprint density at radius 1 is 1.09 bits per heavy atom. The van der Waals surface area contributed by atoms with E-state index >= 15 is 0 Å². The Hall–Kier alpha value is -3.51. The highest BCUT2D eigenvalue weighted by molar-refractivity contribution is 7.89. The lowest BCUT2D eigenvalue weighted by molar-refractivity contribution is -0.137. The predicted octanol–water partition coefficient (Wildman–Crippen LogP) is 3.59. The number of nitrogens with two attached hydrogens (primary N) is 1. The van der Waals surface area contributed by atoms with Gasteiger partial charge in [-0.3, -0.25) is 4.68 Å². The maximum absolute atomic E-state index is 12.8. The van der Waals surface area contributed by atoms with Crippen LogP contribution in [0.4, 0.5) is 13.2 Å². The zero-order valence-electron chi connectivity index (χ0n) is 17.2. The molecule has 0 saturated carbocycles. The van der Waals surface area contributed by atoms with Gasteiger partial charge in [-0.15, -0.1) is 0 Å². The van der Waals surface area contributed by atoms with Crippen molar-refractivity contribution in [1.82, 2.24) is 19.9 Å². The van der Waals surface area contributed by atoms with Crippen LogP contribution in [0.5, 0.6) is 0 Å². The molecule has 0 unspecified atom stereocenters. The number of alkyl halides is 3. The first-order chi connectivity index (χ1) is 15.5. The summed E-state index contributed by atoms with van der Waals surface area (Å²) in [5.74, 6) is 0.356. The van der Waals surface area contributed by atoms with Crippen LogP contribution in [0.3, 0.4) is 0 Å². The summed E-state index contributed by atoms with van der Waals surface area (Å²) in [5, 5.41) is 13.4. The summed E-state index contributed by atoms with van der Waals surface area (Å²) < 4.78 is 68.4. The highest BCUT2D eigenvalue weighted by atomic mass is 32.2. The van der Waals surface area contributed by atoms with E-state index in [1.54, 1.807) is 24.0 Å². The second-order valence-corrected chi connectivity index (χ2v) is 8.88. The Balaban J connectivity index is 1.56. The van der Waals surface area contributed by atoms with Gasteiger partial charge in [-0.2, -0.15) is 23.3 Å². The summed E-state index contributed by atoms with van der Waals surface area (Å²) in [6.45, 7) is 0. The summed E-state index contributed by atoms with van der Waals surface area (Å²) in [6, 6.07) is 10.8. The van der Waals surface area contributed by atoms with Crippen molar-refractivity contribution in [2.45, 2.75) is 23.9 Å². The zero-order chi connectivity index (χ0) is 23.8. The first kappa shape index (κ1) is 22.7. The van der Waals surface area contributed by atoms with Crippen LogP contribution in [0.25, 0.3) is 22.8 Å². The molecule has 4 aromatic rings. The van der Waals surface area contributed by atoms with Gasteiger partial charge in [0.25, 0.3) is 5.89 Å². The number of aromatic nitrogens is 4. The molecule has 12 heteroatoms. The number of hydrogen-bond donors (Lipinski definition) is 1. The molecule has 0 aliphatic heterocycles. The Morgan fingerprint density at radius 2 is 1.82 bits per heavy atom. The lowest BCUT2D eigenvalue weighted by Crippen LogP contribution is -2.11. The molecule has 8 nitrogen and oxygen atoms in total. The van der Waals surface area contributed by atoms with Gasteiger partial charge in [-0.25, -0.2) is 13.6 Å². The molecule has 2 aromatic heterocycles. The normalized spacial score (nSPS) is 12.3.